The fourth-order valence-corrected chi connectivity index (χ4v) is 4.95. The SMILES string of the molecule is COC(=O)c1cc(-c2nc(-c3cccnc3Cl)cs2)c(SC)s1. The van der Waals surface area contributed by atoms with E-state index in [9.17, 15) is 4.79 Å². The minimum Gasteiger partial charge on any atom is -0.465 e. The van der Waals surface area contributed by atoms with Crippen LogP contribution >= 0.6 is 46.0 Å². The van der Waals surface area contributed by atoms with E-state index in [1.165, 1.54) is 29.8 Å². The standard InChI is InChI=1S/C15H11ClN2O2S3/c1-20-14(19)11-6-9(15(21-2)23-11)13-18-10(7-22-13)8-4-3-5-17-12(8)16/h3-7H,1-2H3. The lowest BCUT2D eigenvalue weighted by atomic mass is 10.2. The van der Waals surface area contributed by atoms with Crippen LogP contribution in [-0.4, -0.2) is 29.3 Å². The van der Waals surface area contributed by atoms with E-state index in [1.54, 1.807) is 18.0 Å². The number of hydrogen-bond donors (Lipinski definition) is 0. The third kappa shape index (κ3) is 3.28. The van der Waals surface area contributed by atoms with Gasteiger partial charge in [0.2, 0.25) is 0 Å². The lowest BCUT2D eigenvalue weighted by molar-refractivity contribution is 0.0606. The van der Waals surface area contributed by atoms with Gasteiger partial charge in [-0.3, -0.25) is 0 Å². The van der Waals surface area contributed by atoms with Crippen molar-refractivity contribution in [3.63, 3.8) is 0 Å². The number of thiophene rings is 1. The van der Waals surface area contributed by atoms with E-state index >= 15 is 0 Å². The molecule has 0 unspecified atom stereocenters. The number of esters is 1. The van der Waals surface area contributed by atoms with Crippen molar-refractivity contribution in [1.29, 1.82) is 0 Å². The minimum absolute atomic E-state index is 0.330. The number of hydrogen-bond acceptors (Lipinski definition) is 7. The van der Waals surface area contributed by atoms with Gasteiger partial charge in [0.05, 0.1) is 17.0 Å². The number of ether oxygens (including phenoxy) is 1. The number of thiazole rings is 1. The average Bonchev–Trinajstić information content (AvgIpc) is 3.21. The number of carbonyl (C=O) groups is 1. The van der Waals surface area contributed by atoms with Gasteiger partial charge >= 0.3 is 5.97 Å². The average molecular weight is 383 g/mol. The van der Waals surface area contributed by atoms with Crippen molar-refractivity contribution >= 4 is 52.0 Å². The highest BCUT2D eigenvalue weighted by Gasteiger charge is 2.19. The van der Waals surface area contributed by atoms with Crippen LogP contribution < -0.4 is 0 Å². The van der Waals surface area contributed by atoms with Crippen molar-refractivity contribution in [2.45, 2.75) is 4.21 Å². The van der Waals surface area contributed by atoms with Gasteiger partial charge in [-0.05, 0) is 24.5 Å². The maximum Gasteiger partial charge on any atom is 0.348 e. The van der Waals surface area contributed by atoms with Gasteiger partial charge in [0.25, 0.3) is 0 Å². The summed E-state index contributed by atoms with van der Waals surface area (Å²) in [6.07, 6.45) is 3.62. The van der Waals surface area contributed by atoms with E-state index in [0.29, 0.717) is 10.0 Å². The summed E-state index contributed by atoms with van der Waals surface area (Å²) >= 11 is 10.6. The molecule has 0 aliphatic heterocycles. The van der Waals surface area contributed by atoms with E-state index in [1.807, 2.05) is 29.8 Å². The number of rotatable bonds is 4. The maximum atomic E-state index is 11.7. The predicted molar refractivity (Wildman–Crippen MR) is 96.8 cm³/mol. The zero-order valence-electron chi connectivity index (χ0n) is 12.2. The number of aromatic nitrogens is 2. The summed E-state index contributed by atoms with van der Waals surface area (Å²) in [6.45, 7) is 0. The van der Waals surface area contributed by atoms with Crippen LogP contribution in [0, 0.1) is 0 Å². The van der Waals surface area contributed by atoms with E-state index in [0.717, 1.165) is 26.0 Å². The summed E-state index contributed by atoms with van der Waals surface area (Å²) < 4.78 is 5.83. The first kappa shape index (κ1) is 16.4. The Hall–Kier alpha value is -1.41. The zero-order chi connectivity index (χ0) is 16.4. The Morgan fingerprint density at radius 3 is 2.91 bits per heavy atom. The first-order valence-corrected chi connectivity index (χ1v) is 9.77. The lowest BCUT2D eigenvalue weighted by Gasteiger charge is -1.98. The molecule has 0 bridgehead atoms. The van der Waals surface area contributed by atoms with Crippen LogP contribution in [-0.2, 0) is 4.74 Å². The minimum atomic E-state index is -0.330. The lowest BCUT2D eigenvalue weighted by Crippen LogP contribution is -1.96. The first-order valence-electron chi connectivity index (χ1n) is 6.47. The van der Waals surface area contributed by atoms with Gasteiger partial charge < -0.3 is 4.74 Å². The van der Waals surface area contributed by atoms with Crippen LogP contribution in [0.1, 0.15) is 9.67 Å². The molecular formula is C15H11ClN2O2S3. The van der Waals surface area contributed by atoms with Gasteiger partial charge in [0.15, 0.2) is 0 Å². The van der Waals surface area contributed by atoms with Crippen LogP contribution in [0.5, 0.6) is 0 Å². The van der Waals surface area contributed by atoms with Gasteiger partial charge in [-0.25, -0.2) is 14.8 Å². The fraction of sp³-hybridized carbons (Fsp3) is 0.133. The largest absolute Gasteiger partial charge is 0.465 e. The summed E-state index contributed by atoms with van der Waals surface area (Å²) in [5.74, 6) is -0.330. The molecule has 3 heterocycles. The summed E-state index contributed by atoms with van der Waals surface area (Å²) in [5, 5.41) is 3.21. The van der Waals surface area contributed by atoms with Gasteiger partial charge in [-0.2, -0.15) is 0 Å². The van der Waals surface area contributed by atoms with Crippen molar-refractivity contribution in [3.05, 3.63) is 39.8 Å². The number of carbonyl (C=O) groups excluding carboxylic acids is 1. The molecule has 0 spiro atoms. The molecule has 0 fully saturated rings. The molecule has 4 nitrogen and oxygen atoms in total. The summed E-state index contributed by atoms with van der Waals surface area (Å²) in [5.41, 5.74) is 2.52. The molecule has 3 rings (SSSR count). The van der Waals surface area contributed by atoms with E-state index in [2.05, 4.69) is 9.97 Å². The molecule has 0 saturated carbocycles. The Kier molecular flexibility index (Phi) is 5.01. The highest BCUT2D eigenvalue weighted by atomic mass is 35.5. The Bertz CT molecular complexity index is 860. The van der Waals surface area contributed by atoms with Crippen LogP contribution in [0.4, 0.5) is 0 Å². The highest BCUT2D eigenvalue weighted by molar-refractivity contribution is 8.00. The number of methoxy groups -OCH3 is 1. The van der Waals surface area contributed by atoms with Crippen LogP contribution in [0.25, 0.3) is 21.8 Å². The quantitative estimate of drug-likeness (QED) is 0.357. The number of nitrogens with zero attached hydrogens (tertiary/aromatic N) is 2. The van der Waals surface area contributed by atoms with Crippen LogP contribution in [0.2, 0.25) is 5.15 Å². The van der Waals surface area contributed by atoms with E-state index < -0.39 is 0 Å². The number of pyridine rings is 1. The van der Waals surface area contributed by atoms with Crippen molar-refractivity contribution < 1.29 is 9.53 Å². The Balaban J connectivity index is 2.02. The number of halogens is 1. The molecule has 0 atom stereocenters. The van der Waals surface area contributed by atoms with Crippen molar-refractivity contribution in [1.82, 2.24) is 9.97 Å². The normalized spacial score (nSPS) is 10.7. The highest BCUT2D eigenvalue weighted by Crippen LogP contribution is 2.40. The fourth-order valence-electron chi connectivity index (χ4n) is 1.97. The number of thioether (sulfide) groups is 1. The Morgan fingerprint density at radius 2 is 2.22 bits per heavy atom. The molecular weight excluding hydrogens is 372 g/mol. The molecule has 0 saturated heterocycles. The van der Waals surface area contributed by atoms with Gasteiger partial charge in [-0.15, -0.1) is 34.4 Å². The molecule has 3 aromatic rings. The zero-order valence-corrected chi connectivity index (χ0v) is 15.4. The van der Waals surface area contributed by atoms with Crippen LogP contribution in [0.3, 0.4) is 0 Å². The smallest absolute Gasteiger partial charge is 0.348 e. The molecule has 0 aliphatic rings. The third-order valence-electron chi connectivity index (χ3n) is 3.04. The van der Waals surface area contributed by atoms with Crippen molar-refractivity contribution in [2.24, 2.45) is 0 Å². The molecule has 118 valence electrons. The molecule has 0 aromatic carbocycles. The second-order valence-electron chi connectivity index (χ2n) is 4.39. The molecule has 0 amide bonds. The Morgan fingerprint density at radius 1 is 1.39 bits per heavy atom. The summed E-state index contributed by atoms with van der Waals surface area (Å²) in [4.78, 5) is 21.0. The predicted octanol–water partition coefficient (Wildman–Crippen LogP) is 5.10. The molecule has 0 aliphatic carbocycles. The molecule has 23 heavy (non-hydrogen) atoms. The first-order chi connectivity index (χ1) is 11.1. The van der Waals surface area contributed by atoms with Gasteiger partial charge in [-0.1, -0.05) is 11.6 Å². The second-order valence-corrected chi connectivity index (χ2v) is 7.73. The molecule has 8 heteroatoms. The second kappa shape index (κ2) is 7.00. The summed E-state index contributed by atoms with van der Waals surface area (Å²) in [7, 11) is 1.38. The molecule has 0 N–H and O–H groups in total. The van der Waals surface area contributed by atoms with E-state index in [4.69, 9.17) is 16.3 Å². The van der Waals surface area contributed by atoms with Gasteiger partial charge in [0.1, 0.15) is 15.0 Å². The van der Waals surface area contributed by atoms with E-state index in [-0.39, 0.29) is 5.97 Å². The van der Waals surface area contributed by atoms with Crippen molar-refractivity contribution in [2.75, 3.05) is 13.4 Å². The third-order valence-corrected chi connectivity index (χ3v) is 6.47. The maximum absolute atomic E-state index is 11.7. The summed E-state index contributed by atoms with van der Waals surface area (Å²) in [6, 6.07) is 5.54. The Labute approximate surface area is 150 Å². The molecule has 0 radical (unpaired) electrons. The van der Waals surface area contributed by atoms with Crippen LogP contribution in [0.15, 0.2) is 34.0 Å². The topological polar surface area (TPSA) is 52.1 Å². The monoisotopic (exact) mass is 382 g/mol. The molecule has 3 aromatic heterocycles. The van der Waals surface area contributed by atoms with Gasteiger partial charge in [0, 0.05) is 22.7 Å². The van der Waals surface area contributed by atoms with Crippen molar-refractivity contribution in [3.8, 4) is 21.8 Å².